The van der Waals surface area contributed by atoms with Crippen LogP contribution in [-0.4, -0.2) is 50.3 Å². The van der Waals surface area contributed by atoms with Crippen LogP contribution in [0, 0.1) is 12.7 Å². The van der Waals surface area contributed by atoms with E-state index in [2.05, 4.69) is 16.8 Å². The van der Waals surface area contributed by atoms with E-state index in [0.29, 0.717) is 12.1 Å². The smallest absolute Gasteiger partial charge is 0.123 e. The van der Waals surface area contributed by atoms with Gasteiger partial charge in [-0.15, -0.1) is 0 Å². The van der Waals surface area contributed by atoms with Crippen molar-refractivity contribution < 1.29 is 9.13 Å². The molecule has 4 heteroatoms. The maximum atomic E-state index is 13.3. The monoisotopic (exact) mass is 334 g/mol. The summed E-state index contributed by atoms with van der Waals surface area (Å²) in [7, 11) is 2.26. The molecule has 0 bridgehead atoms. The molecule has 3 rings (SSSR count). The lowest BCUT2D eigenvalue weighted by atomic mass is 10.0. The fraction of sp³-hybridized carbons (Fsp3) is 0.700. The Morgan fingerprint density at radius 1 is 1.25 bits per heavy atom. The summed E-state index contributed by atoms with van der Waals surface area (Å²) in [4.78, 5) is 4.94. The van der Waals surface area contributed by atoms with Gasteiger partial charge in [-0.1, -0.05) is 0 Å². The Kier molecular flexibility index (Phi) is 6.12. The average Bonchev–Trinajstić information content (AvgIpc) is 3.08. The maximum Gasteiger partial charge on any atom is 0.123 e. The molecule has 2 aliphatic rings. The Bertz CT molecular complexity index is 522. The Labute approximate surface area is 145 Å². The topological polar surface area (TPSA) is 15.7 Å². The molecule has 0 amide bonds. The summed E-state index contributed by atoms with van der Waals surface area (Å²) in [6, 6.07) is 5.81. The number of anilines is 1. The molecule has 0 aliphatic carbocycles. The third kappa shape index (κ3) is 4.48. The van der Waals surface area contributed by atoms with Gasteiger partial charge in [0.05, 0.1) is 6.10 Å². The van der Waals surface area contributed by atoms with E-state index in [0.717, 1.165) is 25.3 Å². The molecular weight excluding hydrogens is 303 g/mol. The van der Waals surface area contributed by atoms with Gasteiger partial charge in [0.15, 0.2) is 0 Å². The summed E-state index contributed by atoms with van der Waals surface area (Å²) in [6.45, 7) is 6.25. The number of rotatable bonds is 6. The third-order valence-corrected chi connectivity index (χ3v) is 5.65. The van der Waals surface area contributed by atoms with Crippen molar-refractivity contribution in [2.24, 2.45) is 0 Å². The quantitative estimate of drug-likeness (QED) is 0.782. The first-order chi connectivity index (χ1) is 11.6. The van der Waals surface area contributed by atoms with Crippen molar-refractivity contribution in [1.82, 2.24) is 4.90 Å². The number of halogens is 1. The van der Waals surface area contributed by atoms with Crippen LogP contribution in [0.3, 0.4) is 0 Å². The maximum absolute atomic E-state index is 13.3. The largest absolute Gasteiger partial charge is 0.378 e. The van der Waals surface area contributed by atoms with Gasteiger partial charge in [0.1, 0.15) is 5.82 Å². The molecule has 3 nitrogen and oxygen atoms in total. The molecule has 2 fully saturated rings. The van der Waals surface area contributed by atoms with E-state index in [4.69, 9.17) is 4.74 Å². The minimum Gasteiger partial charge on any atom is -0.378 e. The summed E-state index contributed by atoms with van der Waals surface area (Å²) in [6.07, 6.45) is 7.82. The predicted octanol–water partition coefficient (Wildman–Crippen LogP) is 3.99. The number of benzene rings is 1. The zero-order chi connectivity index (χ0) is 16.9. The van der Waals surface area contributed by atoms with Gasteiger partial charge < -0.3 is 14.5 Å². The minimum absolute atomic E-state index is 0.142. The molecule has 0 radical (unpaired) electrons. The van der Waals surface area contributed by atoms with Crippen LogP contribution in [0.2, 0.25) is 0 Å². The van der Waals surface area contributed by atoms with E-state index in [1.54, 1.807) is 12.1 Å². The zero-order valence-corrected chi connectivity index (χ0v) is 15.1. The normalized spacial score (nSPS) is 22.5. The fourth-order valence-corrected chi connectivity index (χ4v) is 4.14. The van der Waals surface area contributed by atoms with Crippen molar-refractivity contribution in [3.63, 3.8) is 0 Å². The van der Waals surface area contributed by atoms with Crippen molar-refractivity contribution >= 4 is 5.69 Å². The van der Waals surface area contributed by atoms with Crippen LogP contribution in [0.25, 0.3) is 0 Å². The van der Waals surface area contributed by atoms with Crippen molar-refractivity contribution in [3.05, 3.63) is 29.6 Å². The van der Waals surface area contributed by atoms with Crippen LogP contribution >= 0.6 is 0 Å². The fourth-order valence-electron chi connectivity index (χ4n) is 4.14. The highest BCUT2D eigenvalue weighted by Gasteiger charge is 2.23. The lowest BCUT2D eigenvalue weighted by Crippen LogP contribution is -2.44. The molecule has 0 saturated carbocycles. The van der Waals surface area contributed by atoms with Crippen LogP contribution in [0.1, 0.15) is 44.1 Å². The van der Waals surface area contributed by atoms with E-state index in [1.807, 2.05) is 13.0 Å². The second-order valence-electron chi connectivity index (χ2n) is 7.41. The van der Waals surface area contributed by atoms with E-state index in [1.165, 1.54) is 50.8 Å². The Morgan fingerprint density at radius 2 is 2.04 bits per heavy atom. The molecular formula is C20H31FN2O. The summed E-state index contributed by atoms with van der Waals surface area (Å²) < 4.78 is 19.0. The Balaban J connectivity index is 1.42. The van der Waals surface area contributed by atoms with Gasteiger partial charge in [-0.3, -0.25) is 0 Å². The highest BCUT2D eigenvalue weighted by molar-refractivity contribution is 5.53. The van der Waals surface area contributed by atoms with E-state index in [-0.39, 0.29) is 5.82 Å². The summed E-state index contributed by atoms with van der Waals surface area (Å²) in [5.74, 6) is -0.142. The summed E-state index contributed by atoms with van der Waals surface area (Å²) in [5, 5.41) is 0. The molecule has 1 aromatic carbocycles. The average molecular weight is 334 g/mol. The van der Waals surface area contributed by atoms with Crippen LogP contribution < -0.4 is 4.90 Å². The molecule has 134 valence electrons. The molecule has 2 heterocycles. The molecule has 0 aromatic heterocycles. The summed E-state index contributed by atoms with van der Waals surface area (Å²) >= 11 is 0. The van der Waals surface area contributed by atoms with Crippen LogP contribution in [0.4, 0.5) is 10.1 Å². The van der Waals surface area contributed by atoms with Crippen molar-refractivity contribution in [3.8, 4) is 0 Å². The van der Waals surface area contributed by atoms with Gasteiger partial charge in [0, 0.05) is 31.4 Å². The Hall–Kier alpha value is -1.13. The van der Waals surface area contributed by atoms with Crippen molar-refractivity contribution in [1.29, 1.82) is 0 Å². The number of hydrogen-bond donors (Lipinski definition) is 0. The van der Waals surface area contributed by atoms with Gasteiger partial charge >= 0.3 is 0 Å². The van der Waals surface area contributed by atoms with Crippen molar-refractivity contribution in [2.75, 3.05) is 38.2 Å². The van der Waals surface area contributed by atoms with E-state index < -0.39 is 0 Å². The van der Waals surface area contributed by atoms with Gasteiger partial charge in [-0.05, 0) is 82.8 Å². The predicted molar refractivity (Wildman–Crippen MR) is 97.2 cm³/mol. The standard InChI is InChI=1S/C20H31FN2O/c1-16-15-17(21)7-8-20(16)23-12-9-18(10-13-23)22(2)11-3-5-19-6-4-14-24-19/h7-8,15,18-19H,3-6,9-14H2,1-2H3. The first-order valence-corrected chi connectivity index (χ1v) is 9.46. The number of aryl methyl sites for hydroxylation is 1. The van der Waals surface area contributed by atoms with Crippen LogP contribution in [0.5, 0.6) is 0 Å². The number of hydrogen-bond acceptors (Lipinski definition) is 3. The molecule has 1 unspecified atom stereocenters. The van der Waals surface area contributed by atoms with Gasteiger partial charge in [-0.2, -0.15) is 0 Å². The first-order valence-electron chi connectivity index (χ1n) is 9.46. The molecule has 0 N–H and O–H groups in total. The van der Waals surface area contributed by atoms with Gasteiger partial charge in [0.2, 0.25) is 0 Å². The molecule has 24 heavy (non-hydrogen) atoms. The number of nitrogens with zero attached hydrogens (tertiary/aromatic N) is 2. The van der Waals surface area contributed by atoms with Gasteiger partial charge in [-0.25, -0.2) is 4.39 Å². The molecule has 2 saturated heterocycles. The highest BCUT2D eigenvalue weighted by Crippen LogP contribution is 2.26. The van der Waals surface area contributed by atoms with E-state index in [9.17, 15) is 4.39 Å². The second-order valence-corrected chi connectivity index (χ2v) is 7.41. The zero-order valence-electron chi connectivity index (χ0n) is 15.1. The lowest BCUT2D eigenvalue weighted by molar-refractivity contribution is 0.0969. The molecule has 1 aromatic rings. The SMILES string of the molecule is Cc1cc(F)ccc1N1CCC(N(C)CCCC2CCCO2)CC1. The first kappa shape index (κ1) is 17.7. The van der Waals surface area contributed by atoms with Crippen LogP contribution in [-0.2, 0) is 4.74 Å². The third-order valence-electron chi connectivity index (χ3n) is 5.65. The molecule has 1 atom stereocenters. The molecule has 0 spiro atoms. The van der Waals surface area contributed by atoms with Crippen LogP contribution in [0.15, 0.2) is 18.2 Å². The lowest BCUT2D eigenvalue weighted by Gasteiger charge is -2.38. The van der Waals surface area contributed by atoms with Gasteiger partial charge in [0.25, 0.3) is 0 Å². The highest BCUT2D eigenvalue weighted by atomic mass is 19.1. The number of piperidine rings is 1. The Morgan fingerprint density at radius 3 is 2.71 bits per heavy atom. The van der Waals surface area contributed by atoms with E-state index >= 15 is 0 Å². The minimum atomic E-state index is -0.142. The van der Waals surface area contributed by atoms with Crippen molar-refractivity contribution in [2.45, 2.75) is 57.6 Å². The second kappa shape index (κ2) is 8.30. The number of ether oxygens (including phenoxy) is 1. The summed E-state index contributed by atoms with van der Waals surface area (Å²) in [5.41, 5.74) is 2.23. The molecule has 2 aliphatic heterocycles.